The molecule has 0 bridgehead atoms. The van der Waals surface area contributed by atoms with Gasteiger partial charge in [-0.1, -0.05) is 5.16 Å². The van der Waals surface area contributed by atoms with Gasteiger partial charge >= 0.3 is 5.97 Å². The molecule has 2 rings (SSSR count). The maximum atomic E-state index is 11.5. The van der Waals surface area contributed by atoms with Crippen LogP contribution in [0.1, 0.15) is 10.5 Å². The summed E-state index contributed by atoms with van der Waals surface area (Å²) in [5, 5.41) is 13.1. The van der Waals surface area contributed by atoms with E-state index >= 15 is 0 Å². The number of rotatable bonds is 3. The Bertz CT molecular complexity index is 554. The molecule has 0 atom stereocenters. The highest BCUT2D eigenvalue weighted by atomic mass is 35.5. The molecule has 4 N–H and O–H groups in total. The number of carbonyl (C=O) groups excluding carboxylic acids is 1. The first-order valence-electron chi connectivity index (χ1n) is 4.99. The van der Waals surface area contributed by atoms with Crippen LogP contribution in [-0.4, -0.2) is 17.1 Å². The number of nitrogens with two attached hydrogens (primary N) is 1. The molecule has 0 saturated heterocycles. The fourth-order valence-electron chi connectivity index (χ4n) is 1.24. The van der Waals surface area contributed by atoms with Gasteiger partial charge in [0.1, 0.15) is 12.0 Å². The van der Waals surface area contributed by atoms with Crippen molar-refractivity contribution in [3.8, 4) is 5.75 Å². The topological polar surface area (TPSA) is 114 Å². The minimum absolute atomic E-state index is 0. The first kappa shape index (κ1) is 14.5. The summed E-state index contributed by atoms with van der Waals surface area (Å²) in [5.74, 6) is -0.407. The molecule has 100 valence electrons. The molecule has 19 heavy (non-hydrogen) atoms. The molecule has 0 unspecified atom stereocenters. The van der Waals surface area contributed by atoms with Crippen molar-refractivity contribution in [1.82, 2.24) is 5.16 Å². The Hall–Kier alpha value is -2.54. The molecule has 0 radical (unpaired) electrons. The molecule has 0 aliphatic heterocycles. The van der Waals surface area contributed by atoms with Gasteiger partial charge in [0.2, 0.25) is 0 Å². The zero-order chi connectivity index (χ0) is 13.0. The Morgan fingerprint density at radius 2 is 2.00 bits per heavy atom. The molecule has 1 aromatic heterocycles. The average Bonchev–Trinajstić information content (AvgIpc) is 2.84. The van der Waals surface area contributed by atoms with Gasteiger partial charge in [-0.3, -0.25) is 5.41 Å². The molecule has 8 heteroatoms. The highest BCUT2D eigenvalue weighted by molar-refractivity contribution is 5.90. The van der Waals surface area contributed by atoms with Crippen LogP contribution < -0.4 is 15.8 Å². The lowest BCUT2D eigenvalue weighted by atomic mass is 10.3. The van der Waals surface area contributed by atoms with Crippen molar-refractivity contribution in [2.45, 2.75) is 0 Å². The number of nitrogens with one attached hydrogen (secondary N) is 2. The summed E-state index contributed by atoms with van der Waals surface area (Å²) in [4.78, 5) is 11.5. The summed E-state index contributed by atoms with van der Waals surface area (Å²) in [5.41, 5.74) is 5.90. The van der Waals surface area contributed by atoms with E-state index in [0.717, 1.165) is 0 Å². The molecule has 0 fully saturated rings. The van der Waals surface area contributed by atoms with Crippen molar-refractivity contribution < 1.29 is 14.1 Å². The van der Waals surface area contributed by atoms with Crippen LogP contribution in [0.15, 0.2) is 41.1 Å². The Morgan fingerprint density at radius 1 is 1.32 bits per heavy atom. The molecule has 0 saturated carbocycles. The van der Waals surface area contributed by atoms with E-state index in [4.69, 9.17) is 15.9 Å². The first-order chi connectivity index (χ1) is 8.65. The summed E-state index contributed by atoms with van der Waals surface area (Å²) in [6.07, 6.45) is 1.29. The van der Waals surface area contributed by atoms with Gasteiger partial charge in [-0.2, -0.15) is 0 Å². The highest BCUT2D eigenvalue weighted by Crippen LogP contribution is 2.16. The number of aromatic nitrogens is 1. The number of ether oxygens (including phenoxy) is 1. The minimum Gasteiger partial charge on any atom is -0.422 e. The van der Waals surface area contributed by atoms with Crippen molar-refractivity contribution in [2.75, 3.05) is 5.32 Å². The van der Waals surface area contributed by atoms with E-state index in [1.54, 1.807) is 24.3 Å². The third kappa shape index (κ3) is 4.00. The number of esters is 1. The van der Waals surface area contributed by atoms with Crippen LogP contribution in [0.3, 0.4) is 0 Å². The predicted molar refractivity (Wildman–Crippen MR) is 70.7 cm³/mol. The first-order valence-corrected chi connectivity index (χ1v) is 4.99. The normalized spacial score (nSPS) is 9.26. The molecule has 0 amide bonds. The van der Waals surface area contributed by atoms with Crippen LogP contribution in [-0.2, 0) is 0 Å². The van der Waals surface area contributed by atoms with Crippen molar-refractivity contribution in [2.24, 2.45) is 5.73 Å². The van der Waals surface area contributed by atoms with E-state index < -0.39 is 5.97 Å². The molecule has 0 aliphatic carbocycles. The highest BCUT2D eigenvalue weighted by Gasteiger charge is 2.11. The molecule has 7 nitrogen and oxygen atoms in total. The fourth-order valence-corrected chi connectivity index (χ4v) is 1.24. The SMILES string of the molecule is Cl.N=C(N)Nc1ccc(OC(=O)c2ccon2)cc1. The van der Waals surface area contributed by atoms with Gasteiger partial charge in [0.15, 0.2) is 11.7 Å². The summed E-state index contributed by atoms with van der Waals surface area (Å²) in [6.45, 7) is 0. The second-order valence-electron chi connectivity index (χ2n) is 3.34. The number of carbonyl (C=O) groups is 1. The molecular formula is C11H11ClN4O3. The van der Waals surface area contributed by atoms with Gasteiger partial charge in [0.25, 0.3) is 0 Å². The quantitative estimate of drug-likeness (QED) is 0.341. The summed E-state index contributed by atoms with van der Waals surface area (Å²) in [7, 11) is 0. The molecule has 2 aromatic rings. The number of nitrogens with zero attached hydrogens (tertiary/aromatic N) is 1. The van der Waals surface area contributed by atoms with Crippen LogP contribution in [0.25, 0.3) is 0 Å². The zero-order valence-corrected chi connectivity index (χ0v) is 10.4. The second kappa shape index (κ2) is 6.41. The van der Waals surface area contributed by atoms with Gasteiger partial charge in [-0.15, -0.1) is 12.4 Å². The lowest BCUT2D eigenvalue weighted by Gasteiger charge is -2.05. The Labute approximate surface area is 114 Å². The summed E-state index contributed by atoms with van der Waals surface area (Å²) >= 11 is 0. The molecular weight excluding hydrogens is 272 g/mol. The predicted octanol–water partition coefficient (Wildman–Crippen LogP) is 1.62. The maximum absolute atomic E-state index is 11.5. The third-order valence-corrected chi connectivity index (χ3v) is 1.99. The largest absolute Gasteiger partial charge is 0.422 e. The van der Waals surface area contributed by atoms with E-state index in [1.807, 2.05) is 0 Å². The van der Waals surface area contributed by atoms with Gasteiger partial charge < -0.3 is 20.3 Å². The number of anilines is 1. The number of guanidine groups is 1. The molecule has 0 spiro atoms. The summed E-state index contributed by atoms with van der Waals surface area (Å²) in [6, 6.07) is 7.82. The average molecular weight is 283 g/mol. The van der Waals surface area contributed by atoms with E-state index in [9.17, 15) is 4.79 Å². The number of hydrogen-bond acceptors (Lipinski definition) is 5. The van der Waals surface area contributed by atoms with E-state index in [1.165, 1.54) is 12.3 Å². The molecule has 0 aliphatic rings. The standard InChI is InChI=1S/C11H10N4O3.ClH/c12-11(13)14-7-1-3-8(4-2-7)18-10(16)9-5-6-17-15-9;/h1-6H,(H4,12,13,14);1H. The Morgan fingerprint density at radius 3 is 2.53 bits per heavy atom. The molecule has 1 aromatic carbocycles. The van der Waals surface area contributed by atoms with Crippen molar-refractivity contribution in [3.05, 3.63) is 42.3 Å². The van der Waals surface area contributed by atoms with Crippen LogP contribution in [0.5, 0.6) is 5.75 Å². The number of halogens is 1. The maximum Gasteiger partial charge on any atom is 0.365 e. The van der Waals surface area contributed by atoms with Crippen molar-refractivity contribution >= 4 is 30.0 Å². The third-order valence-electron chi connectivity index (χ3n) is 1.99. The monoisotopic (exact) mass is 282 g/mol. The van der Waals surface area contributed by atoms with Crippen LogP contribution >= 0.6 is 12.4 Å². The van der Waals surface area contributed by atoms with E-state index in [2.05, 4.69) is 15.0 Å². The Balaban J connectivity index is 0.00000180. The van der Waals surface area contributed by atoms with E-state index in [-0.39, 0.29) is 24.1 Å². The van der Waals surface area contributed by atoms with Gasteiger partial charge in [0.05, 0.1) is 0 Å². The molecule has 1 heterocycles. The van der Waals surface area contributed by atoms with Crippen LogP contribution in [0.4, 0.5) is 5.69 Å². The Kier molecular flexibility index (Phi) is 4.90. The van der Waals surface area contributed by atoms with Gasteiger partial charge in [-0.05, 0) is 24.3 Å². The number of hydrogen-bond donors (Lipinski definition) is 3. The zero-order valence-electron chi connectivity index (χ0n) is 9.62. The second-order valence-corrected chi connectivity index (χ2v) is 3.34. The lowest BCUT2D eigenvalue weighted by molar-refractivity contribution is 0.0724. The van der Waals surface area contributed by atoms with Crippen molar-refractivity contribution in [3.63, 3.8) is 0 Å². The van der Waals surface area contributed by atoms with Gasteiger partial charge in [-0.25, -0.2) is 4.79 Å². The lowest BCUT2D eigenvalue weighted by Crippen LogP contribution is -2.20. The van der Waals surface area contributed by atoms with Crippen LogP contribution in [0, 0.1) is 5.41 Å². The smallest absolute Gasteiger partial charge is 0.365 e. The number of benzene rings is 1. The minimum atomic E-state index is -0.601. The van der Waals surface area contributed by atoms with Crippen LogP contribution in [0.2, 0.25) is 0 Å². The fraction of sp³-hybridized carbons (Fsp3) is 0. The summed E-state index contributed by atoms with van der Waals surface area (Å²) < 4.78 is 9.58. The van der Waals surface area contributed by atoms with E-state index in [0.29, 0.717) is 11.4 Å². The van der Waals surface area contributed by atoms with Crippen molar-refractivity contribution in [1.29, 1.82) is 5.41 Å². The van der Waals surface area contributed by atoms with Gasteiger partial charge in [0, 0.05) is 11.8 Å².